The second kappa shape index (κ2) is 10.7. The molecule has 12 heteroatoms. The lowest BCUT2D eigenvalue weighted by atomic mass is 10.1. The van der Waals surface area contributed by atoms with E-state index in [4.69, 9.17) is 14.6 Å². The summed E-state index contributed by atoms with van der Waals surface area (Å²) in [5.41, 5.74) is 5.42. The number of rotatable bonds is 3. The number of ether oxygens (including phenoxy) is 1. The highest BCUT2D eigenvalue weighted by molar-refractivity contribution is 5.95. The third-order valence-electron chi connectivity index (χ3n) is 5.73. The summed E-state index contributed by atoms with van der Waals surface area (Å²) < 4.78 is 39.5. The van der Waals surface area contributed by atoms with Gasteiger partial charge >= 0.3 is 12.1 Å². The highest BCUT2D eigenvalue weighted by Gasteiger charge is 2.38. The maximum Gasteiger partial charge on any atom is 0.490 e. The number of hydrogen-bond donors (Lipinski definition) is 1. The number of carboxylic acid groups (broad SMARTS) is 1. The molecule has 1 saturated heterocycles. The van der Waals surface area contributed by atoms with Crippen LogP contribution in [0.1, 0.15) is 27.7 Å². The largest absolute Gasteiger partial charge is 0.490 e. The maximum atomic E-state index is 13.0. The number of carboxylic acids is 1. The first-order valence-corrected chi connectivity index (χ1v) is 11.2. The molecule has 0 spiro atoms. The Morgan fingerprint density at radius 1 is 1.05 bits per heavy atom. The lowest BCUT2D eigenvalue weighted by Crippen LogP contribution is -2.42. The van der Waals surface area contributed by atoms with Crippen molar-refractivity contribution in [1.29, 1.82) is 0 Å². The van der Waals surface area contributed by atoms with Crippen LogP contribution in [0.3, 0.4) is 0 Å². The van der Waals surface area contributed by atoms with Gasteiger partial charge in [-0.25, -0.2) is 9.31 Å². The molecular weight excluding hydrogens is 491 g/mol. The van der Waals surface area contributed by atoms with Gasteiger partial charge in [0.15, 0.2) is 0 Å². The van der Waals surface area contributed by atoms with Crippen molar-refractivity contribution in [2.75, 3.05) is 19.7 Å². The van der Waals surface area contributed by atoms with Gasteiger partial charge in [0.2, 0.25) is 0 Å². The van der Waals surface area contributed by atoms with E-state index in [1.807, 2.05) is 66.6 Å². The van der Waals surface area contributed by atoms with Crippen LogP contribution < -0.4 is 0 Å². The smallest absolute Gasteiger partial charge is 0.475 e. The van der Waals surface area contributed by atoms with Crippen molar-refractivity contribution in [3.8, 4) is 11.1 Å². The summed E-state index contributed by atoms with van der Waals surface area (Å²) in [4.78, 5) is 27.8. The molecular formula is C25H22F3N5O4. The van der Waals surface area contributed by atoms with Crippen LogP contribution in [-0.4, -0.2) is 67.6 Å². The number of amides is 1. The highest BCUT2D eigenvalue weighted by atomic mass is 19.4. The Morgan fingerprint density at radius 2 is 1.76 bits per heavy atom. The van der Waals surface area contributed by atoms with Gasteiger partial charge in [-0.2, -0.15) is 13.2 Å². The first-order valence-electron chi connectivity index (χ1n) is 11.2. The summed E-state index contributed by atoms with van der Waals surface area (Å²) in [7, 11) is 0. The zero-order chi connectivity index (χ0) is 26.6. The number of pyridine rings is 2. The summed E-state index contributed by atoms with van der Waals surface area (Å²) in [6.07, 6.45) is 0.0843. The second-order valence-corrected chi connectivity index (χ2v) is 8.19. The van der Waals surface area contributed by atoms with Crippen LogP contribution in [0.15, 0.2) is 67.1 Å². The molecule has 0 radical (unpaired) electrons. The van der Waals surface area contributed by atoms with E-state index < -0.39 is 12.1 Å². The summed E-state index contributed by atoms with van der Waals surface area (Å²) >= 11 is 0. The number of nitrogens with zero attached hydrogens (tertiary/aromatic N) is 5. The van der Waals surface area contributed by atoms with Crippen LogP contribution in [0.4, 0.5) is 13.2 Å². The topological polar surface area (TPSA) is 110 Å². The van der Waals surface area contributed by atoms with Crippen LogP contribution in [0.5, 0.6) is 0 Å². The van der Waals surface area contributed by atoms with Crippen molar-refractivity contribution in [3.63, 3.8) is 0 Å². The van der Waals surface area contributed by atoms with Crippen molar-refractivity contribution >= 4 is 17.4 Å². The number of alkyl halides is 3. The van der Waals surface area contributed by atoms with Gasteiger partial charge in [0.1, 0.15) is 11.8 Å². The normalized spacial score (nSPS) is 15.7. The second-order valence-electron chi connectivity index (χ2n) is 8.19. The Balaban J connectivity index is 0.000000405. The molecule has 9 nitrogen and oxygen atoms in total. The minimum atomic E-state index is -5.08. The molecule has 0 bridgehead atoms. The van der Waals surface area contributed by atoms with Gasteiger partial charge in [-0.05, 0) is 42.3 Å². The van der Waals surface area contributed by atoms with E-state index in [0.717, 1.165) is 33.5 Å². The molecule has 4 aromatic rings. The third-order valence-corrected chi connectivity index (χ3v) is 5.73. The van der Waals surface area contributed by atoms with Crippen molar-refractivity contribution in [3.05, 3.63) is 83.9 Å². The summed E-state index contributed by atoms with van der Waals surface area (Å²) in [6.45, 7) is 3.44. The van der Waals surface area contributed by atoms with Crippen molar-refractivity contribution in [1.82, 2.24) is 24.7 Å². The average Bonchev–Trinajstić information content (AvgIpc) is 3.32. The van der Waals surface area contributed by atoms with Gasteiger partial charge in [-0.1, -0.05) is 29.5 Å². The molecule has 1 aliphatic heterocycles. The molecule has 1 aromatic carbocycles. The number of benzene rings is 1. The Morgan fingerprint density at radius 3 is 2.43 bits per heavy atom. The van der Waals surface area contributed by atoms with E-state index in [-0.39, 0.29) is 12.0 Å². The van der Waals surface area contributed by atoms with Gasteiger partial charge in [-0.3, -0.25) is 9.78 Å². The Labute approximate surface area is 209 Å². The summed E-state index contributed by atoms with van der Waals surface area (Å²) in [6, 6.07) is 15.6. The first kappa shape index (κ1) is 25.8. The lowest BCUT2D eigenvalue weighted by Gasteiger charge is -2.32. The molecule has 1 fully saturated rings. The number of fused-ring (bicyclic) bond motifs is 1. The van der Waals surface area contributed by atoms with Gasteiger partial charge < -0.3 is 14.7 Å². The number of carbonyl (C=O) groups excluding carboxylic acids is 1. The first-order chi connectivity index (χ1) is 17.6. The fraction of sp³-hybridized carbons (Fsp3) is 0.240. The van der Waals surface area contributed by atoms with Crippen LogP contribution in [-0.2, 0) is 9.53 Å². The van der Waals surface area contributed by atoms with Crippen molar-refractivity contribution < 1.29 is 32.6 Å². The van der Waals surface area contributed by atoms with Crippen LogP contribution in [0, 0.1) is 6.92 Å². The van der Waals surface area contributed by atoms with E-state index in [2.05, 4.69) is 15.3 Å². The predicted octanol–water partition coefficient (Wildman–Crippen LogP) is 3.95. The number of halogens is 3. The molecule has 1 unspecified atom stereocenters. The quantitative estimate of drug-likeness (QED) is 0.442. The van der Waals surface area contributed by atoms with E-state index >= 15 is 0 Å². The molecule has 1 amide bonds. The minimum Gasteiger partial charge on any atom is -0.475 e. The number of hydrogen-bond acceptors (Lipinski definition) is 6. The number of aromatic nitrogens is 4. The van der Waals surface area contributed by atoms with Crippen molar-refractivity contribution in [2.24, 2.45) is 0 Å². The third kappa shape index (κ3) is 5.92. The van der Waals surface area contributed by atoms with E-state index in [1.165, 1.54) is 0 Å². The zero-order valence-corrected chi connectivity index (χ0v) is 19.6. The molecule has 4 heterocycles. The number of aryl methyl sites for hydroxylation is 1. The lowest BCUT2D eigenvalue weighted by molar-refractivity contribution is -0.192. The molecule has 0 saturated carbocycles. The minimum absolute atomic E-state index is 0.0258. The van der Waals surface area contributed by atoms with Gasteiger partial charge in [0.05, 0.1) is 18.7 Å². The summed E-state index contributed by atoms with van der Waals surface area (Å²) in [5, 5.41) is 15.8. The Kier molecular flexibility index (Phi) is 7.48. The Hall–Kier alpha value is -4.32. The molecule has 1 atom stereocenters. The highest BCUT2D eigenvalue weighted by Crippen LogP contribution is 2.27. The van der Waals surface area contributed by atoms with Crippen LogP contribution in [0.25, 0.3) is 16.6 Å². The fourth-order valence-corrected chi connectivity index (χ4v) is 3.84. The molecule has 192 valence electrons. The van der Waals surface area contributed by atoms with Gasteiger partial charge in [0, 0.05) is 36.3 Å². The molecule has 3 aromatic heterocycles. The average molecular weight is 513 g/mol. The molecule has 37 heavy (non-hydrogen) atoms. The predicted molar refractivity (Wildman–Crippen MR) is 126 cm³/mol. The van der Waals surface area contributed by atoms with E-state index in [9.17, 15) is 18.0 Å². The number of morpholine rings is 1. The van der Waals surface area contributed by atoms with Crippen molar-refractivity contribution in [2.45, 2.75) is 19.2 Å². The maximum absolute atomic E-state index is 13.0. The standard InChI is InChI=1S/C23H21N5O2.C2HF3O2/c1-16-4-2-3-5-19(16)23(29)27-12-13-30-21(15-27)22-20-7-6-18(14-28(20)26-25-22)17-8-10-24-11-9-17;3-2(4,5)1(6)7/h2-11,14,21H,12-13,15H2,1H3;(H,6,7). The van der Waals surface area contributed by atoms with Gasteiger partial charge in [0.25, 0.3) is 5.91 Å². The van der Waals surface area contributed by atoms with E-state index in [1.54, 1.807) is 16.9 Å². The number of aliphatic carboxylic acids is 1. The Bertz CT molecular complexity index is 1410. The molecule has 0 aliphatic carbocycles. The summed E-state index contributed by atoms with van der Waals surface area (Å²) in [5.74, 6) is -2.73. The molecule has 1 N–H and O–H groups in total. The molecule has 1 aliphatic rings. The van der Waals surface area contributed by atoms with Gasteiger partial charge in [-0.15, -0.1) is 5.10 Å². The monoisotopic (exact) mass is 513 g/mol. The fourth-order valence-electron chi connectivity index (χ4n) is 3.84. The number of carbonyl (C=O) groups is 2. The van der Waals surface area contributed by atoms with Crippen LogP contribution >= 0.6 is 0 Å². The SMILES string of the molecule is Cc1ccccc1C(=O)N1CCOC(c2nnn3cc(-c4ccncc4)ccc23)C1.O=C(O)C(F)(F)F. The molecule has 5 rings (SSSR count). The van der Waals surface area contributed by atoms with E-state index in [0.29, 0.717) is 19.7 Å². The van der Waals surface area contributed by atoms with Crippen LogP contribution in [0.2, 0.25) is 0 Å². The zero-order valence-electron chi connectivity index (χ0n) is 19.6.